The van der Waals surface area contributed by atoms with Crippen molar-refractivity contribution in [3.8, 4) is 5.75 Å². The van der Waals surface area contributed by atoms with Gasteiger partial charge in [-0.15, -0.1) is 22.0 Å². The molecule has 2 aromatic carbocycles. The number of benzene rings is 2. The van der Waals surface area contributed by atoms with Crippen LogP contribution in [0, 0.1) is 5.82 Å². The van der Waals surface area contributed by atoms with Crippen LogP contribution in [0.1, 0.15) is 5.56 Å². The minimum atomic E-state index is -0.406. The highest BCUT2D eigenvalue weighted by Gasteiger charge is 2.14. The van der Waals surface area contributed by atoms with Crippen molar-refractivity contribution in [2.24, 2.45) is 5.10 Å². The quantitative estimate of drug-likeness (QED) is 0.423. The van der Waals surface area contributed by atoms with E-state index in [1.807, 2.05) is 29.6 Å². The summed E-state index contributed by atoms with van der Waals surface area (Å²) in [6.45, 7) is 0. The van der Waals surface area contributed by atoms with E-state index in [0.29, 0.717) is 17.3 Å². The van der Waals surface area contributed by atoms with Crippen LogP contribution in [0.5, 0.6) is 5.75 Å². The molecule has 9 heteroatoms. The molecular formula is C19H15FN6OS. The van der Waals surface area contributed by atoms with E-state index in [1.54, 1.807) is 23.5 Å². The maximum Gasteiger partial charge on any atom is 0.170 e. The average molecular weight is 394 g/mol. The number of hydrogen-bond donors (Lipinski definition) is 4. The molecule has 1 aliphatic rings. The van der Waals surface area contributed by atoms with Gasteiger partial charge in [-0.1, -0.05) is 12.1 Å². The third-order valence-electron chi connectivity index (χ3n) is 4.49. The summed E-state index contributed by atoms with van der Waals surface area (Å²) in [4.78, 5) is 4.82. The summed E-state index contributed by atoms with van der Waals surface area (Å²) in [6.07, 6.45) is 0. The predicted molar refractivity (Wildman–Crippen MR) is 109 cm³/mol. The number of amidine groups is 1. The van der Waals surface area contributed by atoms with Crippen molar-refractivity contribution in [2.45, 2.75) is 0 Å². The first-order chi connectivity index (χ1) is 13.7. The van der Waals surface area contributed by atoms with Crippen molar-refractivity contribution in [3.05, 3.63) is 59.2 Å². The molecule has 4 N–H and O–H groups in total. The highest BCUT2D eigenvalue weighted by molar-refractivity contribution is 7.18. The van der Waals surface area contributed by atoms with Crippen LogP contribution in [0.25, 0.3) is 21.0 Å². The van der Waals surface area contributed by atoms with Gasteiger partial charge >= 0.3 is 0 Å². The molecule has 7 nitrogen and oxygen atoms in total. The van der Waals surface area contributed by atoms with E-state index in [9.17, 15) is 4.39 Å². The largest absolute Gasteiger partial charge is 0.494 e. The van der Waals surface area contributed by atoms with Crippen molar-refractivity contribution in [1.29, 1.82) is 0 Å². The lowest BCUT2D eigenvalue weighted by molar-refractivity contribution is 0.387. The predicted octanol–water partition coefficient (Wildman–Crippen LogP) is 3.61. The summed E-state index contributed by atoms with van der Waals surface area (Å²) in [5.41, 5.74) is 10.8. The lowest BCUT2D eigenvalue weighted by atomic mass is 10.1. The molecule has 140 valence electrons. The molecule has 0 saturated heterocycles. The second-order valence-corrected chi connectivity index (χ2v) is 7.07. The van der Waals surface area contributed by atoms with Crippen molar-refractivity contribution >= 4 is 49.7 Å². The van der Waals surface area contributed by atoms with Gasteiger partial charge in [-0.05, 0) is 29.6 Å². The lowest BCUT2D eigenvalue weighted by Gasteiger charge is -2.11. The van der Waals surface area contributed by atoms with Crippen molar-refractivity contribution in [3.63, 3.8) is 0 Å². The van der Waals surface area contributed by atoms with E-state index >= 15 is 0 Å². The molecule has 0 radical (unpaired) electrons. The van der Waals surface area contributed by atoms with Gasteiger partial charge in [-0.3, -0.25) is 5.43 Å². The zero-order valence-electron chi connectivity index (χ0n) is 14.7. The summed E-state index contributed by atoms with van der Waals surface area (Å²) >= 11 is 1.65. The number of nitrogens with zero attached hydrogens (tertiary/aromatic N) is 2. The van der Waals surface area contributed by atoms with Gasteiger partial charge in [-0.2, -0.15) is 0 Å². The Balaban J connectivity index is 1.63. The van der Waals surface area contributed by atoms with Crippen LogP contribution < -0.4 is 26.5 Å². The highest BCUT2D eigenvalue weighted by atomic mass is 32.1. The van der Waals surface area contributed by atoms with Gasteiger partial charge in [0.1, 0.15) is 5.82 Å². The summed E-state index contributed by atoms with van der Waals surface area (Å²) in [7, 11) is 1.44. The van der Waals surface area contributed by atoms with Crippen LogP contribution in [0.4, 0.5) is 15.9 Å². The number of ether oxygens (including phenoxy) is 1. The molecular weight excluding hydrogens is 379 g/mol. The molecule has 3 heterocycles. The maximum absolute atomic E-state index is 13.7. The fraction of sp³-hybridized carbons (Fsp3) is 0.0526. The number of hydrazone groups is 1. The number of hydrogen-bond acceptors (Lipinski definition) is 8. The van der Waals surface area contributed by atoms with E-state index in [2.05, 4.69) is 26.9 Å². The molecule has 5 rings (SSSR count). The molecule has 4 aromatic rings. The standard InChI is InChI=1S/C19H15FN6OS/c1-27-16-9-11(3-5-14(16)20)21-19-13-6-7-28-17(13)12-4-2-10(8-15(12)22-19)18-23-25-26-24-18/h2-9,25-26H,1H3,(H,21,22)(H,23,24). The van der Waals surface area contributed by atoms with Crippen molar-refractivity contribution < 1.29 is 9.13 Å². The summed E-state index contributed by atoms with van der Waals surface area (Å²) in [5, 5.41) is 11.5. The SMILES string of the molecule is COc1cc(Nc2nc3cc(C4=NNNN4)ccc3c3sccc23)ccc1F. The van der Waals surface area contributed by atoms with Gasteiger partial charge < -0.3 is 10.1 Å². The average Bonchev–Trinajstić information content (AvgIpc) is 3.41. The molecule has 28 heavy (non-hydrogen) atoms. The molecule has 0 amide bonds. The topological polar surface area (TPSA) is 82.6 Å². The third-order valence-corrected chi connectivity index (χ3v) is 5.43. The molecule has 0 saturated carbocycles. The fourth-order valence-electron chi connectivity index (χ4n) is 3.15. The first-order valence-electron chi connectivity index (χ1n) is 8.48. The molecule has 1 aliphatic heterocycles. The molecule has 0 aliphatic carbocycles. The maximum atomic E-state index is 13.7. The fourth-order valence-corrected chi connectivity index (χ4v) is 4.09. The van der Waals surface area contributed by atoms with Gasteiger partial charge in [-0.25, -0.2) is 14.9 Å². The van der Waals surface area contributed by atoms with Crippen LogP contribution >= 0.6 is 11.3 Å². The number of hydrazine groups is 2. The van der Waals surface area contributed by atoms with Crippen LogP contribution in [0.3, 0.4) is 0 Å². The monoisotopic (exact) mass is 394 g/mol. The molecule has 0 fully saturated rings. The second-order valence-electron chi connectivity index (χ2n) is 6.15. The normalized spacial score (nSPS) is 13.3. The number of nitrogens with one attached hydrogen (secondary N) is 4. The molecule has 0 unspecified atom stereocenters. The van der Waals surface area contributed by atoms with Crippen LogP contribution in [0.2, 0.25) is 0 Å². The Morgan fingerprint density at radius 1 is 1.11 bits per heavy atom. The zero-order chi connectivity index (χ0) is 19.1. The van der Waals surface area contributed by atoms with Gasteiger partial charge in [0.15, 0.2) is 17.4 Å². The number of pyridine rings is 1. The third kappa shape index (κ3) is 2.77. The number of thiophene rings is 1. The molecule has 0 spiro atoms. The number of aromatic nitrogens is 1. The van der Waals surface area contributed by atoms with Crippen LogP contribution in [0.15, 0.2) is 52.9 Å². The number of rotatable bonds is 4. The van der Waals surface area contributed by atoms with Gasteiger partial charge in [0.25, 0.3) is 0 Å². The summed E-state index contributed by atoms with van der Waals surface area (Å²) < 4.78 is 19.9. The van der Waals surface area contributed by atoms with Crippen molar-refractivity contribution in [2.75, 3.05) is 12.4 Å². The van der Waals surface area contributed by atoms with Crippen LogP contribution in [-0.2, 0) is 0 Å². The molecule has 0 bridgehead atoms. The van der Waals surface area contributed by atoms with E-state index in [1.165, 1.54) is 13.2 Å². The number of methoxy groups -OCH3 is 1. The highest BCUT2D eigenvalue weighted by Crippen LogP contribution is 2.35. The number of anilines is 2. The number of halogens is 1. The van der Waals surface area contributed by atoms with Crippen molar-refractivity contribution in [1.82, 2.24) is 21.5 Å². The van der Waals surface area contributed by atoms with Gasteiger partial charge in [0, 0.05) is 32.8 Å². The summed E-state index contributed by atoms with van der Waals surface area (Å²) in [6, 6.07) is 12.7. The Bertz CT molecular complexity index is 1240. The summed E-state index contributed by atoms with van der Waals surface area (Å²) in [5.74, 6) is 1.16. The Labute approximate surface area is 163 Å². The smallest absolute Gasteiger partial charge is 0.170 e. The lowest BCUT2D eigenvalue weighted by Crippen LogP contribution is -2.35. The minimum Gasteiger partial charge on any atom is -0.494 e. The van der Waals surface area contributed by atoms with E-state index in [0.717, 1.165) is 26.6 Å². The van der Waals surface area contributed by atoms with E-state index < -0.39 is 5.82 Å². The minimum absolute atomic E-state index is 0.181. The Morgan fingerprint density at radius 2 is 2.04 bits per heavy atom. The first-order valence-corrected chi connectivity index (χ1v) is 9.36. The Hall–Kier alpha value is -3.43. The second kappa shape index (κ2) is 6.63. The Morgan fingerprint density at radius 3 is 2.86 bits per heavy atom. The Kier molecular flexibility index (Phi) is 3.96. The first kappa shape index (κ1) is 16.7. The van der Waals surface area contributed by atoms with Crippen LogP contribution in [-0.4, -0.2) is 17.9 Å². The van der Waals surface area contributed by atoms with E-state index in [4.69, 9.17) is 9.72 Å². The zero-order valence-corrected chi connectivity index (χ0v) is 15.5. The molecule has 2 aromatic heterocycles. The molecule has 0 atom stereocenters. The van der Waals surface area contributed by atoms with Gasteiger partial charge in [0.2, 0.25) is 0 Å². The van der Waals surface area contributed by atoms with E-state index in [-0.39, 0.29) is 5.75 Å². The number of fused-ring (bicyclic) bond motifs is 3. The van der Waals surface area contributed by atoms with Gasteiger partial charge in [0.05, 0.1) is 12.6 Å².